The Kier molecular flexibility index (Phi) is 34.7. The van der Waals surface area contributed by atoms with Crippen molar-refractivity contribution in [2.45, 2.75) is 26.6 Å². The molecule has 0 N–H and O–H groups in total. The van der Waals surface area contributed by atoms with E-state index in [9.17, 15) is 9.59 Å². The fraction of sp³-hybridized carbons (Fsp3) is 0.446. The Balaban J connectivity index is 1.06. The van der Waals surface area contributed by atoms with Crippen molar-refractivity contribution in [3.05, 3.63) is 177 Å². The molecule has 0 aliphatic carbocycles. The molecule has 96 heavy (non-hydrogen) atoms. The molecule has 6 aromatic rings. The Bertz CT molecular complexity index is 3310. The summed E-state index contributed by atoms with van der Waals surface area (Å²) in [7, 11) is 7.59. The minimum Gasteiger partial charge on any atom is -0.491 e. The summed E-state index contributed by atoms with van der Waals surface area (Å²) >= 11 is 0. The molecule has 0 unspecified atom stereocenters. The van der Waals surface area contributed by atoms with Crippen LogP contribution in [0.3, 0.4) is 0 Å². The third kappa shape index (κ3) is 29.3. The highest BCUT2D eigenvalue weighted by Crippen LogP contribution is 2.19. The monoisotopic (exact) mass is 1320 g/mol. The molecule has 4 heterocycles. The molecule has 7 rings (SSSR count). The standard InChI is InChI=1S/C74H90N6O16/c1-58-49-62(10-7-59-13-19-68(20-14-59)94-46-43-91-40-37-88-34-31-83-2)50-65(75-58)55-78-25-27-79(56-66-51-63(53-71(76-66)73(81)86-5)11-8-60-15-21-69(22-16-60)95-47-44-92-41-38-89-35-32-84-3)29-30-80(28-26-78)57-67-52-64(54-72(77-67)74(82)87-6)12-9-61-17-23-70(24-18-61)96-48-45-93-42-39-90-36-33-85-4/h13-24,49-54H,25-48,55-57H2,1-6H3. The van der Waals surface area contributed by atoms with E-state index in [1.165, 1.54) is 14.2 Å². The van der Waals surface area contributed by atoms with Gasteiger partial charge in [-0.3, -0.25) is 19.7 Å². The normalized spacial score (nSPS) is 12.8. The number of benzene rings is 3. The summed E-state index contributed by atoms with van der Waals surface area (Å²) in [6.07, 6.45) is 0. The molecular formula is C74H90N6O16. The molecule has 0 amide bonds. The topological polar surface area (TPSA) is 212 Å². The van der Waals surface area contributed by atoms with Crippen molar-refractivity contribution in [3.63, 3.8) is 0 Å². The quantitative estimate of drug-likeness (QED) is 0.0218. The van der Waals surface area contributed by atoms with Gasteiger partial charge in [-0.25, -0.2) is 19.6 Å². The first-order valence-electron chi connectivity index (χ1n) is 32.1. The zero-order chi connectivity index (χ0) is 67.6. The lowest BCUT2D eigenvalue weighted by Crippen LogP contribution is -2.36. The van der Waals surface area contributed by atoms with E-state index in [-0.39, 0.29) is 11.4 Å². The van der Waals surface area contributed by atoms with Crippen LogP contribution in [0.2, 0.25) is 0 Å². The van der Waals surface area contributed by atoms with Crippen LogP contribution in [0.25, 0.3) is 0 Å². The van der Waals surface area contributed by atoms with Gasteiger partial charge < -0.3 is 66.3 Å². The fourth-order valence-corrected chi connectivity index (χ4v) is 9.52. The lowest BCUT2D eigenvalue weighted by Gasteiger charge is -2.25. The maximum Gasteiger partial charge on any atom is 0.356 e. The minimum atomic E-state index is -0.569. The fourth-order valence-electron chi connectivity index (χ4n) is 9.52. The molecule has 0 spiro atoms. The average Bonchev–Trinajstić information content (AvgIpc) is 3.64. The van der Waals surface area contributed by atoms with Gasteiger partial charge in [0.2, 0.25) is 0 Å². The lowest BCUT2D eigenvalue weighted by atomic mass is 10.1. The molecule has 1 aliphatic heterocycles. The van der Waals surface area contributed by atoms with E-state index in [0.717, 1.165) is 39.4 Å². The van der Waals surface area contributed by atoms with Gasteiger partial charge in [-0.1, -0.05) is 35.5 Å². The number of nitrogens with zero attached hydrogens (tertiary/aromatic N) is 6. The van der Waals surface area contributed by atoms with Crippen LogP contribution in [-0.2, 0) is 71.7 Å². The number of aromatic nitrogens is 3. The van der Waals surface area contributed by atoms with Crippen LogP contribution < -0.4 is 14.2 Å². The third-order valence-corrected chi connectivity index (χ3v) is 14.4. The molecule has 0 saturated carbocycles. The first kappa shape index (κ1) is 75.0. The van der Waals surface area contributed by atoms with Gasteiger partial charge in [0.25, 0.3) is 0 Å². The molecule has 1 aliphatic rings. The van der Waals surface area contributed by atoms with E-state index in [2.05, 4.69) is 50.2 Å². The number of hydrogen-bond acceptors (Lipinski definition) is 22. The Morgan fingerprint density at radius 1 is 0.333 bits per heavy atom. The lowest BCUT2D eigenvalue weighted by molar-refractivity contribution is 0.0180. The molecule has 0 radical (unpaired) electrons. The number of carbonyl (C=O) groups is 2. The molecule has 22 nitrogen and oxygen atoms in total. The van der Waals surface area contributed by atoms with Crippen LogP contribution >= 0.6 is 0 Å². The summed E-state index contributed by atoms with van der Waals surface area (Å²) in [5.74, 6) is 20.7. The molecular weight excluding hydrogens is 1230 g/mol. The van der Waals surface area contributed by atoms with Crippen molar-refractivity contribution < 1.29 is 75.9 Å². The Morgan fingerprint density at radius 3 is 0.885 bits per heavy atom. The number of methoxy groups -OCH3 is 5. The van der Waals surface area contributed by atoms with E-state index in [0.29, 0.717) is 212 Å². The maximum absolute atomic E-state index is 13.2. The van der Waals surface area contributed by atoms with Crippen LogP contribution in [0, 0.1) is 42.4 Å². The summed E-state index contributed by atoms with van der Waals surface area (Å²) in [6, 6.07) is 33.8. The van der Waals surface area contributed by atoms with Gasteiger partial charge in [0, 0.05) is 119 Å². The van der Waals surface area contributed by atoms with Crippen molar-refractivity contribution in [3.8, 4) is 52.8 Å². The van der Waals surface area contributed by atoms with Crippen LogP contribution in [-0.4, -0.2) is 235 Å². The molecule has 3 aromatic heterocycles. The first-order chi connectivity index (χ1) is 47.1. The van der Waals surface area contributed by atoms with Crippen molar-refractivity contribution in [2.24, 2.45) is 0 Å². The Hall–Kier alpha value is -8.35. The number of rotatable bonds is 38. The highest BCUT2D eigenvalue weighted by Gasteiger charge is 2.21. The zero-order valence-electron chi connectivity index (χ0n) is 56.2. The maximum atomic E-state index is 13.2. The summed E-state index contributed by atoms with van der Waals surface area (Å²) in [5.41, 5.74) is 7.76. The second-order valence-electron chi connectivity index (χ2n) is 21.8. The number of pyridine rings is 3. The van der Waals surface area contributed by atoms with Gasteiger partial charge in [0.15, 0.2) is 0 Å². The summed E-state index contributed by atoms with van der Waals surface area (Å²) in [5, 5.41) is 0. The molecule has 512 valence electrons. The molecule has 22 heteroatoms. The van der Waals surface area contributed by atoms with Crippen molar-refractivity contribution in [1.29, 1.82) is 0 Å². The number of carbonyl (C=O) groups excluding carboxylic acids is 2. The predicted molar refractivity (Wildman–Crippen MR) is 360 cm³/mol. The second kappa shape index (κ2) is 44.4. The van der Waals surface area contributed by atoms with Crippen LogP contribution in [0.5, 0.6) is 17.2 Å². The number of hydrogen-bond donors (Lipinski definition) is 0. The number of ether oxygens (including phenoxy) is 14. The van der Waals surface area contributed by atoms with Crippen molar-refractivity contribution in [2.75, 3.05) is 194 Å². The van der Waals surface area contributed by atoms with Crippen molar-refractivity contribution in [1.82, 2.24) is 29.7 Å². The van der Waals surface area contributed by atoms with Gasteiger partial charge in [-0.05, 0) is 116 Å². The summed E-state index contributed by atoms with van der Waals surface area (Å²) < 4.78 is 76.2. The predicted octanol–water partition coefficient (Wildman–Crippen LogP) is 6.95. The van der Waals surface area contributed by atoms with Crippen LogP contribution in [0.1, 0.15) is 77.1 Å². The average molecular weight is 1320 g/mol. The van der Waals surface area contributed by atoms with Crippen LogP contribution in [0.4, 0.5) is 0 Å². The SMILES string of the molecule is COCCOCCOCCOc1ccc(C#Cc2cc(C)nc(CN3CCN(Cc4cc(C#Cc5ccc(OCCOCCOCCOC)cc5)cc(C(=O)OC)n4)CCN(Cc4cc(C#Cc5ccc(OCCOCCOCCOC)cc5)cc(C(=O)OC)n4)CC3)c2)cc1. The Labute approximate surface area is 565 Å². The van der Waals surface area contributed by atoms with E-state index in [1.54, 1.807) is 33.5 Å². The van der Waals surface area contributed by atoms with Gasteiger partial charge in [-0.2, -0.15) is 0 Å². The number of esters is 2. The van der Waals surface area contributed by atoms with Crippen LogP contribution in [0.15, 0.2) is 109 Å². The minimum absolute atomic E-state index is 0.152. The third-order valence-electron chi connectivity index (χ3n) is 14.4. The smallest absolute Gasteiger partial charge is 0.356 e. The molecule has 1 saturated heterocycles. The number of aryl methyl sites for hydroxylation is 1. The second-order valence-corrected chi connectivity index (χ2v) is 21.8. The summed E-state index contributed by atoms with van der Waals surface area (Å²) in [4.78, 5) is 48.0. The molecule has 1 fully saturated rings. The van der Waals surface area contributed by atoms with Gasteiger partial charge in [0.05, 0.1) is 130 Å². The zero-order valence-corrected chi connectivity index (χ0v) is 56.2. The van der Waals surface area contributed by atoms with Gasteiger partial charge >= 0.3 is 11.9 Å². The van der Waals surface area contributed by atoms with E-state index in [4.69, 9.17) is 81.3 Å². The molecule has 0 atom stereocenters. The highest BCUT2D eigenvalue weighted by molar-refractivity contribution is 5.88. The van der Waals surface area contributed by atoms with E-state index >= 15 is 0 Å². The largest absolute Gasteiger partial charge is 0.491 e. The van der Waals surface area contributed by atoms with Gasteiger partial charge in [0.1, 0.15) is 48.5 Å². The van der Waals surface area contributed by atoms with Crippen molar-refractivity contribution >= 4 is 11.9 Å². The molecule has 0 bridgehead atoms. The van der Waals surface area contributed by atoms with Gasteiger partial charge in [-0.15, -0.1) is 0 Å². The first-order valence-corrected chi connectivity index (χ1v) is 32.1. The van der Waals surface area contributed by atoms with E-state index in [1.807, 2.05) is 104 Å². The highest BCUT2D eigenvalue weighted by atomic mass is 16.6. The molecule has 3 aromatic carbocycles. The summed E-state index contributed by atoms with van der Waals surface area (Å²) in [6.45, 7) is 15.8. The Morgan fingerprint density at radius 2 is 0.594 bits per heavy atom. The van der Waals surface area contributed by atoms with E-state index < -0.39 is 11.9 Å².